The molecule has 1 aromatic rings. The lowest BCUT2D eigenvalue weighted by Crippen LogP contribution is -2.49. The molecule has 0 aliphatic carbocycles. The molecule has 0 spiro atoms. The molecule has 6 heteroatoms. The molecule has 2 heterocycles. The van der Waals surface area contributed by atoms with Crippen molar-refractivity contribution in [1.29, 1.82) is 0 Å². The van der Waals surface area contributed by atoms with E-state index in [4.69, 9.17) is 9.47 Å². The molecule has 2 aliphatic heterocycles. The van der Waals surface area contributed by atoms with Crippen LogP contribution in [0.15, 0.2) is 30.3 Å². The van der Waals surface area contributed by atoms with Crippen LogP contribution in [-0.2, 0) is 14.3 Å². The fourth-order valence-corrected chi connectivity index (χ4v) is 4.69. The normalized spacial score (nSPS) is 28.7. The van der Waals surface area contributed by atoms with Crippen LogP contribution >= 0.6 is 0 Å². The van der Waals surface area contributed by atoms with Crippen molar-refractivity contribution in [2.75, 3.05) is 13.7 Å². The van der Waals surface area contributed by atoms with Crippen LogP contribution in [0.1, 0.15) is 52.6 Å². The van der Waals surface area contributed by atoms with Gasteiger partial charge in [-0.15, -0.1) is 0 Å². The molecule has 2 fully saturated rings. The average Bonchev–Trinajstić information content (AvgIpc) is 2.97. The average molecular weight is 389 g/mol. The van der Waals surface area contributed by atoms with Gasteiger partial charge in [0.2, 0.25) is 0 Å². The molecule has 2 bridgehead atoms. The monoisotopic (exact) mass is 388 g/mol. The Morgan fingerprint density at radius 2 is 1.82 bits per heavy atom. The van der Waals surface area contributed by atoms with Gasteiger partial charge in [-0.2, -0.15) is 0 Å². The van der Waals surface area contributed by atoms with E-state index < -0.39 is 17.7 Å². The zero-order valence-corrected chi connectivity index (χ0v) is 17.7. The molecule has 0 radical (unpaired) electrons. The number of carbonyl (C=O) groups excluding carboxylic acids is 2. The predicted octanol–water partition coefficient (Wildman–Crippen LogP) is 3.62. The number of ether oxygens (including phenoxy) is 2. The first-order valence-corrected chi connectivity index (χ1v) is 10.0. The number of likely N-dealkylation sites (tertiary alicyclic amines) is 2. The highest BCUT2D eigenvalue weighted by atomic mass is 16.6. The molecule has 2 saturated heterocycles. The molecular weight excluding hydrogens is 356 g/mol. The topological polar surface area (TPSA) is 59.1 Å². The molecule has 0 N–H and O–H groups in total. The molecule has 2 aliphatic rings. The minimum Gasteiger partial charge on any atom is -0.467 e. The lowest BCUT2D eigenvalue weighted by atomic mass is 9.86. The largest absolute Gasteiger partial charge is 0.467 e. The SMILES string of the molecule is COC(=O)[C@H]1[C@H]2C[C@H](CN([C@H](C)c3ccccc3)C2C)N1C(=O)OC(C)(C)C. The van der Waals surface area contributed by atoms with E-state index in [0.717, 1.165) is 6.42 Å². The van der Waals surface area contributed by atoms with E-state index in [0.29, 0.717) is 6.54 Å². The van der Waals surface area contributed by atoms with E-state index in [2.05, 4.69) is 30.9 Å². The summed E-state index contributed by atoms with van der Waals surface area (Å²) in [7, 11) is 1.38. The predicted molar refractivity (Wildman–Crippen MR) is 107 cm³/mol. The Morgan fingerprint density at radius 3 is 2.39 bits per heavy atom. The van der Waals surface area contributed by atoms with Gasteiger partial charge < -0.3 is 9.47 Å². The minimum absolute atomic E-state index is 0.0184. The summed E-state index contributed by atoms with van der Waals surface area (Å²) in [5.74, 6) is -0.343. The second-order valence-electron chi connectivity index (χ2n) is 8.93. The number of fused-ring (bicyclic) bond motifs is 2. The Balaban J connectivity index is 1.90. The van der Waals surface area contributed by atoms with Gasteiger partial charge in [0.25, 0.3) is 0 Å². The highest BCUT2D eigenvalue weighted by Gasteiger charge is 2.56. The van der Waals surface area contributed by atoms with E-state index in [1.54, 1.807) is 4.90 Å². The molecule has 5 atom stereocenters. The first-order valence-electron chi connectivity index (χ1n) is 10.0. The maximum absolute atomic E-state index is 13.0. The Hall–Kier alpha value is -2.08. The fraction of sp³-hybridized carbons (Fsp3) is 0.636. The van der Waals surface area contributed by atoms with Crippen molar-refractivity contribution in [3.63, 3.8) is 0 Å². The van der Waals surface area contributed by atoms with Crippen LogP contribution in [0.25, 0.3) is 0 Å². The van der Waals surface area contributed by atoms with Crippen LogP contribution in [0.3, 0.4) is 0 Å². The molecule has 28 heavy (non-hydrogen) atoms. The fourth-order valence-electron chi connectivity index (χ4n) is 4.69. The van der Waals surface area contributed by atoms with E-state index in [1.807, 2.05) is 39.0 Å². The van der Waals surface area contributed by atoms with Crippen LogP contribution in [0.5, 0.6) is 0 Å². The van der Waals surface area contributed by atoms with Crippen molar-refractivity contribution < 1.29 is 19.1 Å². The van der Waals surface area contributed by atoms with Gasteiger partial charge in [0.05, 0.1) is 7.11 Å². The maximum Gasteiger partial charge on any atom is 0.411 e. The van der Waals surface area contributed by atoms with Crippen molar-refractivity contribution in [1.82, 2.24) is 9.80 Å². The van der Waals surface area contributed by atoms with Gasteiger partial charge in [0, 0.05) is 30.6 Å². The molecule has 154 valence electrons. The van der Waals surface area contributed by atoms with Crippen molar-refractivity contribution in [3.05, 3.63) is 35.9 Å². The van der Waals surface area contributed by atoms with Crippen molar-refractivity contribution in [2.45, 2.75) is 70.8 Å². The highest BCUT2D eigenvalue weighted by Crippen LogP contribution is 2.43. The van der Waals surface area contributed by atoms with Crippen LogP contribution in [0.4, 0.5) is 4.79 Å². The molecule has 0 aromatic heterocycles. The van der Waals surface area contributed by atoms with Crippen LogP contribution in [0, 0.1) is 5.92 Å². The van der Waals surface area contributed by atoms with Crippen molar-refractivity contribution in [3.8, 4) is 0 Å². The Morgan fingerprint density at radius 1 is 1.18 bits per heavy atom. The smallest absolute Gasteiger partial charge is 0.411 e. The van der Waals surface area contributed by atoms with Crippen molar-refractivity contribution >= 4 is 12.1 Å². The summed E-state index contributed by atoms with van der Waals surface area (Å²) in [4.78, 5) is 29.6. The van der Waals surface area contributed by atoms with E-state index in [9.17, 15) is 9.59 Å². The number of hydrogen-bond acceptors (Lipinski definition) is 5. The van der Waals surface area contributed by atoms with Gasteiger partial charge in [0.1, 0.15) is 11.6 Å². The van der Waals surface area contributed by atoms with E-state index in [-0.39, 0.29) is 30.0 Å². The molecule has 1 amide bonds. The number of rotatable bonds is 3. The number of benzene rings is 1. The zero-order valence-electron chi connectivity index (χ0n) is 17.7. The second-order valence-corrected chi connectivity index (χ2v) is 8.93. The lowest BCUT2D eigenvalue weighted by molar-refractivity contribution is -0.147. The quantitative estimate of drug-likeness (QED) is 0.740. The third kappa shape index (κ3) is 3.88. The minimum atomic E-state index is -0.614. The number of amides is 1. The van der Waals surface area contributed by atoms with Gasteiger partial charge in [-0.25, -0.2) is 9.59 Å². The van der Waals surface area contributed by atoms with Gasteiger partial charge in [-0.3, -0.25) is 9.80 Å². The molecule has 3 rings (SSSR count). The Labute approximate surface area is 167 Å². The summed E-state index contributed by atoms with van der Waals surface area (Å²) in [6, 6.07) is 10.0. The molecular formula is C22H32N2O4. The number of esters is 1. The number of carbonyl (C=O) groups is 2. The molecule has 1 unspecified atom stereocenters. The van der Waals surface area contributed by atoms with Crippen LogP contribution < -0.4 is 0 Å². The molecule has 1 aromatic carbocycles. The number of hydrogen-bond donors (Lipinski definition) is 0. The summed E-state index contributed by atoms with van der Waals surface area (Å²) < 4.78 is 10.7. The number of nitrogens with zero attached hydrogens (tertiary/aromatic N) is 2. The standard InChI is InChI=1S/C22H32N2O4/c1-14(16-10-8-7-9-11-16)23-13-17-12-18(15(23)2)19(20(25)27-6)24(17)21(26)28-22(3,4)5/h7-11,14-15,17-19H,12-13H2,1-6H3/t14-,15?,17-,18+,19-/m1/s1. The number of piperidine rings is 1. The Kier molecular flexibility index (Phi) is 5.71. The van der Waals surface area contributed by atoms with Crippen LogP contribution in [-0.4, -0.2) is 59.2 Å². The third-order valence-electron chi connectivity index (χ3n) is 6.03. The second kappa shape index (κ2) is 7.74. The summed E-state index contributed by atoms with van der Waals surface area (Å²) in [6.07, 6.45) is 0.356. The third-order valence-corrected chi connectivity index (χ3v) is 6.03. The Bertz CT molecular complexity index is 715. The summed E-state index contributed by atoms with van der Waals surface area (Å²) >= 11 is 0. The first-order chi connectivity index (χ1) is 13.1. The summed E-state index contributed by atoms with van der Waals surface area (Å²) in [6.45, 7) is 10.6. The highest BCUT2D eigenvalue weighted by molar-refractivity contribution is 5.83. The summed E-state index contributed by atoms with van der Waals surface area (Å²) in [5, 5.41) is 0. The molecule has 6 nitrogen and oxygen atoms in total. The summed E-state index contributed by atoms with van der Waals surface area (Å²) in [5.41, 5.74) is 0.617. The maximum atomic E-state index is 13.0. The van der Waals surface area contributed by atoms with Crippen LogP contribution in [0.2, 0.25) is 0 Å². The van der Waals surface area contributed by atoms with Gasteiger partial charge in [-0.05, 0) is 46.6 Å². The molecule has 0 saturated carbocycles. The zero-order chi connectivity index (χ0) is 20.6. The first kappa shape index (κ1) is 20.6. The lowest BCUT2D eigenvalue weighted by Gasteiger charge is -2.42. The van der Waals surface area contributed by atoms with Gasteiger partial charge in [0.15, 0.2) is 0 Å². The van der Waals surface area contributed by atoms with Gasteiger partial charge >= 0.3 is 12.1 Å². The van der Waals surface area contributed by atoms with Gasteiger partial charge in [-0.1, -0.05) is 30.3 Å². The number of methoxy groups -OCH3 is 1. The van der Waals surface area contributed by atoms with Crippen molar-refractivity contribution in [2.24, 2.45) is 5.92 Å². The van der Waals surface area contributed by atoms with E-state index in [1.165, 1.54) is 12.7 Å². The van der Waals surface area contributed by atoms with E-state index >= 15 is 0 Å².